The number of furan rings is 1. The van der Waals surface area contributed by atoms with E-state index in [1.807, 2.05) is 12.3 Å². The Bertz CT molecular complexity index is 556. The van der Waals surface area contributed by atoms with Crippen LogP contribution in [-0.2, 0) is 11.2 Å². The van der Waals surface area contributed by atoms with Crippen molar-refractivity contribution in [3.8, 4) is 11.3 Å². The second-order valence-corrected chi connectivity index (χ2v) is 5.25. The van der Waals surface area contributed by atoms with Crippen LogP contribution in [0.1, 0.15) is 36.5 Å². The maximum absolute atomic E-state index is 6.11. The van der Waals surface area contributed by atoms with Crippen LogP contribution in [0, 0.1) is 0 Å². The van der Waals surface area contributed by atoms with Crippen molar-refractivity contribution >= 4 is 0 Å². The average molecular weight is 240 g/mol. The summed E-state index contributed by atoms with van der Waals surface area (Å²) >= 11 is 0. The van der Waals surface area contributed by atoms with E-state index in [4.69, 9.17) is 9.15 Å². The molecule has 0 N–H and O–H groups in total. The molecule has 2 aliphatic heterocycles. The summed E-state index contributed by atoms with van der Waals surface area (Å²) in [5.41, 5.74) is 3.82. The van der Waals surface area contributed by atoms with Crippen molar-refractivity contribution in [2.24, 2.45) is 0 Å². The van der Waals surface area contributed by atoms with E-state index in [9.17, 15) is 0 Å². The van der Waals surface area contributed by atoms with Crippen LogP contribution in [0.2, 0.25) is 0 Å². The van der Waals surface area contributed by atoms with E-state index in [1.165, 1.54) is 24.0 Å². The summed E-state index contributed by atoms with van der Waals surface area (Å²) < 4.78 is 11.9. The van der Waals surface area contributed by atoms with Gasteiger partial charge in [0.05, 0.1) is 18.5 Å². The van der Waals surface area contributed by atoms with Gasteiger partial charge in [0.1, 0.15) is 5.76 Å². The predicted octanol–water partition coefficient (Wildman–Crippen LogP) is 4.11. The normalized spacial score (nSPS) is 25.8. The summed E-state index contributed by atoms with van der Waals surface area (Å²) in [6, 6.07) is 10.4. The van der Waals surface area contributed by atoms with Crippen molar-refractivity contribution in [2.75, 3.05) is 0 Å². The van der Waals surface area contributed by atoms with Crippen LogP contribution in [-0.4, -0.2) is 6.10 Å². The third-order valence-corrected chi connectivity index (χ3v) is 4.06. The molecule has 2 atom stereocenters. The number of ether oxygens (including phenoxy) is 1. The molecule has 4 rings (SSSR count). The zero-order valence-electron chi connectivity index (χ0n) is 10.3. The minimum absolute atomic E-state index is 0.251. The van der Waals surface area contributed by atoms with Crippen LogP contribution in [0.5, 0.6) is 0 Å². The molecule has 1 saturated heterocycles. The number of benzene rings is 1. The Labute approximate surface area is 107 Å². The first-order valence-corrected chi connectivity index (χ1v) is 6.73. The molecule has 1 aromatic heterocycles. The van der Waals surface area contributed by atoms with Gasteiger partial charge >= 0.3 is 0 Å². The Morgan fingerprint density at radius 3 is 2.83 bits per heavy atom. The lowest BCUT2D eigenvalue weighted by Gasteiger charge is -2.35. The van der Waals surface area contributed by atoms with Gasteiger partial charge in [0.15, 0.2) is 0 Å². The maximum atomic E-state index is 6.11. The van der Waals surface area contributed by atoms with Gasteiger partial charge in [-0.3, -0.25) is 0 Å². The van der Waals surface area contributed by atoms with Gasteiger partial charge in [-0.15, -0.1) is 0 Å². The second kappa shape index (κ2) is 3.99. The molecule has 18 heavy (non-hydrogen) atoms. The molecule has 0 radical (unpaired) electrons. The first-order valence-electron chi connectivity index (χ1n) is 6.73. The SMILES string of the molecule is c1ccc(-c2occ3c2[C@H]2CCC[C@@H](C3)O2)cc1. The van der Waals surface area contributed by atoms with Gasteiger partial charge in [-0.05, 0) is 24.8 Å². The lowest BCUT2D eigenvalue weighted by atomic mass is 9.86. The van der Waals surface area contributed by atoms with Gasteiger partial charge in [-0.25, -0.2) is 0 Å². The van der Waals surface area contributed by atoms with Crippen LogP contribution in [0.25, 0.3) is 11.3 Å². The molecule has 0 unspecified atom stereocenters. The van der Waals surface area contributed by atoms with Crippen LogP contribution < -0.4 is 0 Å². The molecule has 2 aliphatic rings. The third kappa shape index (κ3) is 1.52. The summed E-state index contributed by atoms with van der Waals surface area (Å²) in [5, 5.41) is 0. The fourth-order valence-corrected chi connectivity index (χ4v) is 3.23. The summed E-state index contributed by atoms with van der Waals surface area (Å²) in [6.07, 6.45) is 7.21. The van der Waals surface area contributed by atoms with E-state index >= 15 is 0 Å². The fourth-order valence-electron chi connectivity index (χ4n) is 3.23. The van der Waals surface area contributed by atoms with Crippen LogP contribution >= 0.6 is 0 Å². The molecular weight excluding hydrogens is 224 g/mol. The summed E-state index contributed by atoms with van der Waals surface area (Å²) in [5.74, 6) is 1.01. The Kier molecular flexibility index (Phi) is 2.30. The molecule has 0 spiro atoms. The smallest absolute Gasteiger partial charge is 0.139 e. The van der Waals surface area contributed by atoms with Gasteiger partial charge in [-0.1, -0.05) is 30.3 Å². The van der Waals surface area contributed by atoms with E-state index in [0.717, 1.165) is 24.2 Å². The highest BCUT2D eigenvalue weighted by molar-refractivity contribution is 5.64. The van der Waals surface area contributed by atoms with Gasteiger partial charge in [0.2, 0.25) is 0 Å². The van der Waals surface area contributed by atoms with Gasteiger partial charge < -0.3 is 9.15 Å². The number of hydrogen-bond donors (Lipinski definition) is 0. The summed E-state index contributed by atoms with van der Waals surface area (Å²) in [4.78, 5) is 0. The number of fused-ring (bicyclic) bond motifs is 4. The number of hydrogen-bond acceptors (Lipinski definition) is 2. The van der Waals surface area contributed by atoms with Crippen molar-refractivity contribution in [3.63, 3.8) is 0 Å². The molecule has 3 heterocycles. The third-order valence-electron chi connectivity index (χ3n) is 4.06. The minimum atomic E-state index is 0.251. The Balaban J connectivity index is 1.83. The van der Waals surface area contributed by atoms with E-state index in [1.54, 1.807) is 0 Å². The van der Waals surface area contributed by atoms with E-state index < -0.39 is 0 Å². The standard InChI is InChI=1S/C16H16O2/c1-2-5-11(6-3-1)16-15-12(10-17-16)9-13-7-4-8-14(15)18-13/h1-3,5-6,10,13-14H,4,7-9H2/t13-,14+/m0/s1. The van der Waals surface area contributed by atoms with Gasteiger partial charge in [0, 0.05) is 17.5 Å². The largest absolute Gasteiger partial charge is 0.464 e. The topological polar surface area (TPSA) is 22.4 Å². The maximum Gasteiger partial charge on any atom is 0.139 e. The molecule has 0 saturated carbocycles. The molecule has 2 nitrogen and oxygen atoms in total. The lowest BCUT2D eigenvalue weighted by molar-refractivity contribution is -0.0612. The number of rotatable bonds is 1. The Hall–Kier alpha value is -1.54. The van der Waals surface area contributed by atoms with Crippen molar-refractivity contribution < 1.29 is 9.15 Å². The van der Waals surface area contributed by atoms with E-state index in [-0.39, 0.29) is 6.10 Å². The highest BCUT2D eigenvalue weighted by Crippen LogP contribution is 2.44. The van der Waals surface area contributed by atoms with Crippen molar-refractivity contribution in [3.05, 3.63) is 47.7 Å². The fraction of sp³-hybridized carbons (Fsp3) is 0.375. The van der Waals surface area contributed by atoms with E-state index in [2.05, 4.69) is 24.3 Å². The van der Waals surface area contributed by atoms with Crippen molar-refractivity contribution in [2.45, 2.75) is 37.9 Å². The van der Waals surface area contributed by atoms with E-state index in [0.29, 0.717) is 6.10 Å². The van der Waals surface area contributed by atoms with Gasteiger partial charge in [-0.2, -0.15) is 0 Å². The Morgan fingerprint density at radius 1 is 1.06 bits per heavy atom. The molecule has 92 valence electrons. The lowest BCUT2D eigenvalue weighted by Crippen LogP contribution is -2.29. The molecule has 2 bridgehead atoms. The average Bonchev–Trinajstić information content (AvgIpc) is 2.84. The predicted molar refractivity (Wildman–Crippen MR) is 69.3 cm³/mol. The summed E-state index contributed by atoms with van der Waals surface area (Å²) in [6.45, 7) is 0. The molecule has 1 aromatic carbocycles. The molecule has 2 heteroatoms. The molecule has 0 amide bonds. The van der Waals surface area contributed by atoms with Crippen molar-refractivity contribution in [1.29, 1.82) is 0 Å². The molecular formula is C16H16O2. The Morgan fingerprint density at radius 2 is 1.94 bits per heavy atom. The minimum Gasteiger partial charge on any atom is -0.464 e. The molecule has 1 fully saturated rings. The van der Waals surface area contributed by atoms with Crippen LogP contribution in [0.15, 0.2) is 41.0 Å². The van der Waals surface area contributed by atoms with Crippen LogP contribution in [0.3, 0.4) is 0 Å². The second-order valence-electron chi connectivity index (χ2n) is 5.25. The highest BCUT2D eigenvalue weighted by atomic mass is 16.5. The highest BCUT2D eigenvalue weighted by Gasteiger charge is 2.35. The monoisotopic (exact) mass is 240 g/mol. The molecule has 2 aromatic rings. The quantitative estimate of drug-likeness (QED) is 0.748. The zero-order chi connectivity index (χ0) is 11.9. The van der Waals surface area contributed by atoms with Gasteiger partial charge in [0.25, 0.3) is 0 Å². The first kappa shape index (κ1) is 10.4. The van der Waals surface area contributed by atoms with Crippen LogP contribution in [0.4, 0.5) is 0 Å². The first-order chi connectivity index (χ1) is 8.92. The summed E-state index contributed by atoms with van der Waals surface area (Å²) in [7, 11) is 0. The molecule has 0 aliphatic carbocycles. The van der Waals surface area contributed by atoms with Crippen molar-refractivity contribution in [1.82, 2.24) is 0 Å². The zero-order valence-corrected chi connectivity index (χ0v) is 10.3.